The number of hydrogen-bond donors (Lipinski definition) is 1. The minimum Gasteiger partial charge on any atom is -0.468 e. The van der Waals surface area contributed by atoms with Crippen LogP contribution in [-0.2, 0) is 13.1 Å². The molecule has 2 fully saturated rings. The van der Waals surface area contributed by atoms with E-state index < -0.39 is 0 Å². The summed E-state index contributed by atoms with van der Waals surface area (Å²) >= 11 is 0. The Morgan fingerprint density at radius 1 is 1.29 bits per heavy atom. The Balaban J connectivity index is 1.57. The van der Waals surface area contributed by atoms with E-state index in [1.165, 1.54) is 44.6 Å². The van der Waals surface area contributed by atoms with Gasteiger partial charge in [0.2, 0.25) is 0 Å². The van der Waals surface area contributed by atoms with Gasteiger partial charge >= 0.3 is 0 Å². The van der Waals surface area contributed by atoms with Crippen molar-refractivity contribution in [3.8, 4) is 0 Å². The molecule has 1 aromatic rings. The standard InChI is InChI=1S/C17H29N3O/c1-17(2,3)18-11-14-6-10-21-16(14)13-19-8-9-20-7-4-5-15(20)12-19/h6,10,15,18H,4-5,7-9,11-13H2,1-3H3. The number of hydrogen-bond acceptors (Lipinski definition) is 4. The van der Waals surface area contributed by atoms with Gasteiger partial charge in [0.1, 0.15) is 5.76 Å². The highest BCUT2D eigenvalue weighted by Gasteiger charge is 2.30. The monoisotopic (exact) mass is 291 g/mol. The number of piperazine rings is 1. The highest BCUT2D eigenvalue weighted by atomic mass is 16.3. The average Bonchev–Trinajstić information content (AvgIpc) is 3.04. The number of furan rings is 1. The molecule has 0 amide bonds. The summed E-state index contributed by atoms with van der Waals surface area (Å²) in [5.74, 6) is 1.14. The second-order valence-electron chi connectivity index (χ2n) is 7.54. The maximum Gasteiger partial charge on any atom is 0.122 e. The van der Waals surface area contributed by atoms with Crippen molar-refractivity contribution < 1.29 is 4.42 Å². The molecule has 0 bridgehead atoms. The lowest BCUT2D eigenvalue weighted by atomic mass is 10.1. The fourth-order valence-electron chi connectivity index (χ4n) is 3.43. The summed E-state index contributed by atoms with van der Waals surface area (Å²) < 4.78 is 5.75. The predicted molar refractivity (Wildman–Crippen MR) is 85.2 cm³/mol. The topological polar surface area (TPSA) is 31.7 Å². The van der Waals surface area contributed by atoms with E-state index in [1.807, 2.05) is 6.26 Å². The summed E-state index contributed by atoms with van der Waals surface area (Å²) in [6.45, 7) is 13.3. The van der Waals surface area contributed by atoms with Crippen molar-refractivity contribution in [3.63, 3.8) is 0 Å². The number of nitrogens with one attached hydrogen (secondary N) is 1. The van der Waals surface area contributed by atoms with E-state index in [-0.39, 0.29) is 5.54 Å². The first-order chi connectivity index (χ1) is 10.0. The normalized spacial score (nSPS) is 24.4. The molecule has 1 N–H and O–H groups in total. The largest absolute Gasteiger partial charge is 0.468 e. The first-order valence-corrected chi connectivity index (χ1v) is 8.28. The van der Waals surface area contributed by atoms with E-state index in [0.717, 1.165) is 24.9 Å². The van der Waals surface area contributed by atoms with Gasteiger partial charge < -0.3 is 9.73 Å². The SMILES string of the molecule is CC(C)(C)NCc1ccoc1CN1CCN2CCCC2C1. The molecule has 4 nitrogen and oxygen atoms in total. The van der Waals surface area contributed by atoms with Crippen LogP contribution < -0.4 is 5.32 Å². The van der Waals surface area contributed by atoms with Gasteiger partial charge in [0.15, 0.2) is 0 Å². The Morgan fingerprint density at radius 2 is 2.14 bits per heavy atom. The third-order valence-electron chi connectivity index (χ3n) is 4.69. The Bertz CT molecular complexity index is 463. The van der Waals surface area contributed by atoms with Gasteiger partial charge in [0.25, 0.3) is 0 Å². The van der Waals surface area contributed by atoms with E-state index in [0.29, 0.717) is 0 Å². The first-order valence-electron chi connectivity index (χ1n) is 8.28. The van der Waals surface area contributed by atoms with Gasteiger partial charge in [-0.1, -0.05) is 0 Å². The van der Waals surface area contributed by atoms with Crippen molar-refractivity contribution in [2.45, 2.75) is 58.3 Å². The van der Waals surface area contributed by atoms with Crippen LogP contribution in [-0.4, -0.2) is 47.6 Å². The summed E-state index contributed by atoms with van der Waals surface area (Å²) in [6.07, 6.45) is 4.58. The van der Waals surface area contributed by atoms with E-state index in [4.69, 9.17) is 4.42 Å². The maximum atomic E-state index is 5.75. The molecule has 2 aliphatic rings. The summed E-state index contributed by atoms with van der Waals surface area (Å²) in [7, 11) is 0. The first kappa shape index (κ1) is 15.1. The van der Waals surface area contributed by atoms with Crippen molar-refractivity contribution in [3.05, 3.63) is 23.7 Å². The molecule has 0 spiro atoms. The molecule has 1 aromatic heterocycles. The summed E-state index contributed by atoms with van der Waals surface area (Å²) in [5.41, 5.74) is 1.45. The molecule has 4 heteroatoms. The lowest BCUT2D eigenvalue weighted by Crippen LogP contribution is -2.49. The number of nitrogens with zero attached hydrogens (tertiary/aromatic N) is 2. The third kappa shape index (κ3) is 3.87. The minimum atomic E-state index is 0.143. The van der Waals surface area contributed by atoms with Crippen LogP contribution in [0.3, 0.4) is 0 Å². The predicted octanol–water partition coefficient (Wildman–Crippen LogP) is 2.45. The highest BCUT2D eigenvalue weighted by molar-refractivity contribution is 5.17. The van der Waals surface area contributed by atoms with E-state index >= 15 is 0 Å². The Hall–Kier alpha value is -0.840. The molecule has 118 valence electrons. The smallest absolute Gasteiger partial charge is 0.122 e. The molecule has 3 rings (SSSR count). The lowest BCUT2D eigenvalue weighted by Gasteiger charge is -2.37. The molecule has 0 aromatic carbocycles. The molecule has 0 aliphatic carbocycles. The van der Waals surface area contributed by atoms with Gasteiger partial charge in [-0.15, -0.1) is 0 Å². The third-order valence-corrected chi connectivity index (χ3v) is 4.69. The van der Waals surface area contributed by atoms with E-state index in [1.54, 1.807) is 0 Å². The van der Waals surface area contributed by atoms with Crippen LogP contribution >= 0.6 is 0 Å². The van der Waals surface area contributed by atoms with E-state index in [2.05, 4.69) is 42.0 Å². The summed E-state index contributed by atoms with van der Waals surface area (Å²) in [6, 6.07) is 2.89. The zero-order valence-electron chi connectivity index (χ0n) is 13.7. The Labute approximate surface area is 128 Å². The van der Waals surface area contributed by atoms with Crippen molar-refractivity contribution >= 4 is 0 Å². The number of fused-ring (bicyclic) bond motifs is 1. The van der Waals surface area contributed by atoms with Gasteiger partial charge in [-0.25, -0.2) is 0 Å². The van der Waals surface area contributed by atoms with Gasteiger partial charge in [-0.2, -0.15) is 0 Å². The van der Waals surface area contributed by atoms with Gasteiger partial charge in [0.05, 0.1) is 12.8 Å². The molecule has 3 heterocycles. The molecule has 2 aliphatic heterocycles. The summed E-state index contributed by atoms with van der Waals surface area (Å²) in [5, 5.41) is 3.55. The van der Waals surface area contributed by atoms with E-state index in [9.17, 15) is 0 Å². The molecule has 1 unspecified atom stereocenters. The average molecular weight is 291 g/mol. The maximum absolute atomic E-state index is 5.75. The van der Waals surface area contributed by atoms with Gasteiger partial charge in [0, 0.05) is 43.3 Å². The van der Waals surface area contributed by atoms with Crippen LogP contribution in [0.4, 0.5) is 0 Å². The van der Waals surface area contributed by atoms with Crippen LogP contribution in [0.15, 0.2) is 16.7 Å². The van der Waals surface area contributed by atoms with Crippen LogP contribution in [0, 0.1) is 0 Å². The second-order valence-corrected chi connectivity index (χ2v) is 7.54. The van der Waals surface area contributed by atoms with Gasteiger partial charge in [-0.05, 0) is 46.2 Å². The highest BCUT2D eigenvalue weighted by Crippen LogP contribution is 2.23. The fraction of sp³-hybridized carbons (Fsp3) is 0.765. The summed E-state index contributed by atoms with van der Waals surface area (Å²) in [4.78, 5) is 5.21. The van der Waals surface area contributed by atoms with Crippen LogP contribution in [0.2, 0.25) is 0 Å². The quantitative estimate of drug-likeness (QED) is 0.923. The molecule has 2 saturated heterocycles. The molecular weight excluding hydrogens is 262 g/mol. The molecule has 1 atom stereocenters. The van der Waals surface area contributed by atoms with Crippen LogP contribution in [0.25, 0.3) is 0 Å². The molecule has 0 radical (unpaired) electrons. The lowest BCUT2D eigenvalue weighted by molar-refractivity contribution is 0.0937. The van der Waals surface area contributed by atoms with Gasteiger partial charge in [-0.3, -0.25) is 9.80 Å². The molecule has 0 saturated carbocycles. The molecule has 21 heavy (non-hydrogen) atoms. The van der Waals surface area contributed by atoms with Crippen molar-refractivity contribution in [1.82, 2.24) is 15.1 Å². The van der Waals surface area contributed by atoms with Crippen molar-refractivity contribution in [2.24, 2.45) is 0 Å². The van der Waals surface area contributed by atoms with Crippen LogP contribution in [0.1, 0.15) is 44.9 Å². The zero-order chi connectivity index (χ0) is 14.9. The molecular formula is C17H29N3O. The number of rotatable bonds is 4. The Morgan fingerprint density at radius 3 is 2.95 bits per heavy atom. The second kappa shape index (κ2) is 6.11. The van der Waals surface area contributed by atoms with Crippen LogP contribution in [0.5, 0.6) is 0 Å². The fourth-order valence-corrected chi connectivity index (χ4v) is 3.43. The van der Waals surface area contributed by atoms with Crippen molar-refractivity contribution in [2.75, 3.05) is 26.2 Å². The minimum absolute atomic E-state index is 0.143. The zero-order valence-corrected chi connectivity index (χ0v) is 13.7. The Kier molecular flexibility index (Phi) is 4.38. The van der Waals surface area contributed by atoms with Crippen molar-refractivity contribution in [1.29, 1.82) is 0 Å².